The lowest BCUT2D eigenvalue weighted by Gasteiger charge is -2.22. The van der Waals surface area contributed by atoms with Crippen molar-refractivity contribution in [2.75, 3.05) is 13.1 Å². The van der Waals surface area contributed by atoms with Crippen LogP contribution in [0.5, 0.6) is 0 Å². The average molecular weight is 319 g/mol. The van der Waals surface area contributed by atoms with Crippen molar-refractivity contribution in [3.63, 3.8) is 0 Å². The number of likely N-dealkylation sites (tertiary alicyclic amines) is 1. The van der Waals surface area contributed by atoms with E-state index < -0.39 is 5.60 Å². The number of hydrogen-bond donors (Lipinski definition) is 1. The fraction of sp³-hybridized carbons (Fsp3) is 0.562. The Kier molecular flexibility index (Phi) is 4.11. The SMILES string of the molecule is CC(C)C(=O)N1CC[C@@]2(CC(C(=O)NCc3ccco3)=NO2)C1. The van der Waals surface area contributed by atoms with Crippen LogP contribution in [0.25, 0.3) is 0 Å². The molecule has 0 aromatic carbocycles. The van der Waals surface area contributed by atoms with Crippen molar-refractivity contribution >= 4 is 17.5 Å². The Labute approximate surface area is 134 Å². The third-order valence-electron chi connectivity index (χ3n) is 4.23. The van der Waals surface area contributed by atoms with Gasteiger partial charge in [0.05, 0.1) is 19.4 Å². The van der Waals surface area contributed by atoms with Gasteiger partial charge >= 0.3 is 0 Å². The predicted octanol–water partition coefficient (Wildman–Crippen LogP) is 1.30. The number of rotatable bonds is 4. The second-order valence-corrected chi connectivity index (χ2v) is 6.42. The molecule has 0 radical (unpaired) electrons. The molecule has 1 atom stereocenters. The summed E-state index contributed by atoms with van der Waals surface area (Å²) in [6, 6.07) is 3.56. The summed E-state index contributed by atoms with van der Waals surface area (Å²) in [5, 5.41) is 6.71. The molecule has 2 amide bonds. The Morgan fingerprint density at radius 1 is 1.48 bits per heavy atom. The molecule has 0 saturated carbocycles. The molecule has 3 heterocycles. The molecule has 124 valence electrons. The van der Waals surface area contributed by atoms with Gasteiger partial charge in [0.1, 0.15) is 11.5 Å². The molecule has 23 heavy (non-hydrogen) atoms. The number of nitrogens with one attached hydrogen (secondary N) is 1. The Hall–Kier alpha value is -2.31. The van der Waals surface area contributed by atoms with Gasteiger partial charge in [-0.05, 0) is 12.1 Å². The zero-order valence-corrected chi connectivity index (χ0v) is 13.4. The van der Waals surface area contributed by atoms with Crippen LogP contribution in [0.1, 0.15) is 32.4 Å². The standard InChI is InChI=1S/C16H21N3O4/c1-11(2)15(21)19-6-5-16(10-19)8-13(18-23-16)14(20)17-9-12-4-3-7-22-12/h3-4,7,11H,5-6,8-10H2,1-2H3,(H,17,20)/t16-/m1/s1. The molecular weight excluding hydrogens is 298 g/mol. The Morgan fingerprint density at radius 2 is 2.30 bits per heavy atom. The summed E-state index contributed by atoms with van der Waals surface area (Å²) in [7, 11) is 0. The summed E-state index contributed by atoms with van der Waals surface area (Å²) in [5.41, 5.74) is -0.169. The highest BCUT2D eigenvalue weighted by Crippen LogP contribution is 2.34. The van der Waals surface area contributed by atoms with Gasteiger partial charge in [-0.2, -0.15) is 0 Å². The van der Waals surface area contributed by atoms with Gasteiger partial charge in [0, 0.05) is 25.3 Å². The van der Waals surface area contributed by atoms with E-state index in [9.17, 15) is 9.59 Å². The molecule has 0 unspecified atom stereocenters. The van der Waals surface area contributed by atoms with E-state index in [4.69, 9.17) is 9.25 Å². The molecular formula is C16H21N3O4. The predicted molar refractivity (Wildman–Crippen MR) is 82.5 cm³/mol. The van der Waals surface area contributed by atoms with Gasteiger partial charge < -0.3 is 19.5 Å². The van der Waals surface area contributed by atoms with Crippen LogP contribution in [0.15, 0.2) is 28.0 Å². The summed E-state index contributed by atoms with van der Waals surface area (Å²) in [6.45, 7) is 5.21. The zero-order valence-electron chi connectivity index (χ0n) is 13.4. The maximum Gasteiger partial charge on any atom is 0.269 e. The van der Waals surface area contributed by atoms with Crippen molar-refractivity contribution in [1.82, 2.24) is 10.2 Å². The highest BCUT2D eigenvalue weighted by molar-refractivity contribution is 6.39. The van der Waals surface area contributed by atoms with Gasteiger partial charge in [0.2, 0.25) is 5.91 Å². The van der Waals surface area contributed by atoms with Crippen LogP contribution in [-0.4, -0.2) is 41.1 Å². The van der Waals surface area contributed by atoms with E-state index in [0.717, 1.165) is 0 Å². The number of furan rings is 1. The van der Waals surface area contributed by atoms with Gasteiger partial charge in [-0.15, -0.1) is 0 Å². The molecule has 1 aromatic rings. The minimum Gasteiger partial charge on any atom is -0.467 e. The minimum absolute atomic E-state index is 0.0384. The van der Waals surface area contributed by atoms with Crippen LogP contribution in [0.4, 0.5) is 0 Å². The molecule has 1 N–H and O–H groups in total. The van der Waals surface area contributed by atoms with Crippen LogP contribution in [-0.2, 0) is 21.0 Å². The molecule has 7 nitrogen and oxygen atoms in total. The first kappa shape index (κ1) is 15.6. The summed E-state index contributed by atoms with van der Waals surface area (Å²) in [6.07, 6.45) is 2.69. The summed E-state index contributed by atoms with van der Waals surface area (Å²) >= 11 is 0. The first-order valence-corrected chi connectivity index (χ1v) is 7.83. The maximum atomic E-state index is 12.2. The number of amides is 2. The van der Waals surface area contributed by atoms with Crippen molar-refractivity contribution in [2.24, 2.45) is 11.1 Å². The fourth-order valence-electron chi connectivity index (χ4n) is 2.94. The Bertz CT molecular complexity index is 623. The van der Waals surface area contributed by atoms with Crippen molar-refractivity contribution in [3.8, 4) is 0 Å². The Morgan fingerprint density at radius 3 is 3.00 bits per heavy atom. The maximum absolute atomic E-state index is 12.2. The van der Waals surface area contributed by atoms with E-state index in [-0.39, 0.29) is 17.7 Å². The van der Waals surface area contributed by atoms with Gasteiger partial charge in [-0.3, -0.25) is 9.59 Å². The Balaban J connectivity index is 1.53. The van der Waals surface area contributed by atoms with Gasteiger partial charge in [-0.1, -0.05) is 19.0 Å². The second-order valence-electron chi connectivity index (χ2n) is 6.42. The van der Waals surface area contributed by atoms with Crippen LogP contribution < -0.4 is 5.32 Å². The van der Waals surface area contributed by atoms with Crippen molar-refractivity contribution in [1.29, 1.82) is 0 Å². The average Bonchev–Trinajstić information content (AvgIpc) is 3.26. The van der Waals surface area contributed by atoms with Crippen LogP contribution in [0, 0.1) is 5.92 Å². The summed E-state index contributed by atoms with van der Waals surface area (Å²) in [4.78, 5) is 31.6. The molecule has 2 aliphatic heterocycles. The highest BCUT2D eigenvalue weighted by atomic mass is 16.7. The van der Waals surface area contributed by atoms with Crippen molar-refractivity contribution in [3.05, 3.63) is 24.2 Å². The van der Waals surface area contributed by atoms with E-state index in [2.05, 4.69) is 10.5 Å². The number of carbonyl (C=O) groups excluding carboxylic acids is 2. The summed E-state index contributed by atoms with van der Waals surface area (Å²) < 4.78 is 5.17. The van der Waals surface area contributed by atoms with E-state index in [0.29, 0.717) is 43.9 Å². The van der Waals surface area contributed by atoms with Gasteiger partial charge in [-0.25, -0.2) is 0 Å². The lowest BCUT2D eigenvalue weighted by atomic mass is 9.96. The third-order valence-corrected chi connectivity index (χ3v) is 4.23. The van der Waals surface area contributed by atoms with Crippen molar-refractivity contribution in [2.45, 2.75) is 38.8 Å². The molecule has 1 aromatic heterocycles. The second kappa shape index (κ2) is 6.06. The monoisotopic (exact) mass is 319 g/mol. The first-order valence-electron chi connectivity index (χ1n) is 7.83. The smallest absolute Gasteiger partial charge is 0.269 e. The molecule has 0 aliphatic carbocycles. The van der Waals surface area contributed by atoms with E-state index in [1.54, 1.807) is 23.3 Å². The van der Waals surface area contributed by atoms with Crippen LogP contribution in [0.3, 0.4) is 0 Å². The molecule has 3 rings (SSSR count). The molecule has 1 spiro atoms. The van der Waals surface area contributed by atoms with Gasteiger partial charge in [0.15, 0.2) is 5.60 Å². The number of oxime groups is 1. The normalized spacial score (nSPS) is 23.3. The van der Waals surface area contributed by atoms with E-state index >= 15 is 0 Å². The van der Waals surface area contributed by atoms with E-state index in [1.807, 2.05) is 13.8 Å². The van der Waals surface area contributed by atoms with Crippen molar-refractivity contribution < 1.29 is 18.8 Å². The largest absolute Gasteiger partial charge is 0.467 e. The highest BCUT2D eigenvalue weighted by Gasteiger charge is 2.48. The third kappa shape index (κ3) is 3.23. The fourth-order valence-corrected chi connectivity index (χ4v) is 2.94. The minimum atomic E-state index is -0.540. The zero-order chi connectivity index (χ0) is 16.4. The first-order chi connectivity index (χ1) is 11.0. The molecule has 1 fully saturated rings. The van der Waals surface area contributed by atoms with Crippen LogP contribution in [0.2, 0.25) is 0 Å². The molecule has 1 saturated heterocycles. The lowest BCUT2D eigenvalue weighted by molar-refractivity contribution is -0.134. The van der Waals surface area contributed by atoms with E-state index in [1.165, 1.54) is 0 Å². The molecule has 2 aliphatic rings. The van der Waals surface area contributed by atoms with Gasteiger partial charge in [0.25, 0.3) is 5.91 Å². The summed E-state index contributed by atoms with van der Waals surface area (Å²) in [5.74, 6) is 0.499. The number of nitrogens with zero attached hydrogens (tertiary/aromatic N) is 2. The van der Waals surface area contributed by atoms with Crippen LogP contribution >= 0.6 is 0 Å². The molecule has 7 heteroatoms. The number of carbonyl (C=O) groups is 2. The number of hydrogen-bond acceptors (Lipinski definition) is 5. The quantitative estimate of drug-likeness (QED) is 0.906. The lowest BCUT2D eigenvalue weighted by Crippen LogP contribution is -2.39. The molecule has 0 bridgehead atoms. The topological polar surface area (TPSA) is 84.1 Å².